The fraction of sp³-hybridized carbons (Fsp3) is 0.0476. The number of nitrogens with zero attached hydrogens (tertiary/aromatic N) is 2. The van der Waals surface area contributed by atoms with E-state index in [9.17, 15) is 10.2 Å². The molecule has 0 saturated carbocycles. The van der Waals surface area contributed by atoms with E-state index in [4.69, 9.17) is 4.74 Å². The molecule has 3 rings (SSSR count). The number of aromatic hydroxyl groups is 2. The minimum Gasteiger partial charge on any atom is -0.507 e. The minimum absolute atomic E-state index is 0.0639. The SMILES string of the molecule is COc1cc(O)c(C=Nc2ccccc2N=Cc2ccccc2O)cc1Br. The first kappa shape index (κ1) is 18.7. The highest BCUT2D eigenvalue weighted by Crippen LogP contribution is 2.32. The zero-order chi connectivity index (χ0) is 19.2. The molecular formula is C21H17BrN2O3. The van der Waals surface area contributed by atoms with Crippen LogP contribution >= 0.6 is 15.9 Å². The van der Waals surface area contributed by atoms with Crippen molar-refractivity contribution in [2.45, 2.75) is 0 Å². The number of phenolic OH excluding ortho intramolecular Hbond substituents is 2. The molecule has 3 aromatic rings. The molecule has 0 unspecified atom stereocenters. The van der Waals surface area contributed by atoms with Crippen LogP contribution in [0.1, 0.15) is 11.1 Å². The number of halogens is 1. The number of phenols is 2. The number of ether oxygens (including phenoxy) is 1. The molecule has 0 bridgehead atoms. The van der Waals surface area contributed by atoms with Gasteiger partial charge in [-0.25, -0.2) is 0 Å². The first-order valence-electron chi connectivity index (χ1n) is 8.10. The van der Waals surface area contributed by atoms with Crippen molar-refractivity contribution < 1.29 is 14.9 Å². The van der Waals surface area contributed by atoms with E-state index in [-0.39, 0.29) is 11.5 Å². The van der Waals surface area contributed by atoms with Gasteiger partial charge in [0, 0.05) is 29.6 Å². The standard InChI is InChI=1S/C21H17BrN2O3/c1-27-21-11-20(26)15(10-16(21)22)13-24-18-8-4-3-7-17(18)23-12-14-6-2-5-9-19(14)25/h2-13,25-26H,1H3. The third-order valence-corrected chi connectivity index (χ3v) is 4.42. The van der Waals surface area contributed by atoms with Gasteiger partial charge in [0.1, 0.15) is 17.2 Å². The fourth-order valence-corrected chi connectivity index (χ4v) is 2.90. The van der Waals surface area contributed by atoms with Crippen molar-refractivity contribution in [1.29, 1.82) is 0 Å². The molecule has 5 nitrogen and oxygen atoms in total. The van der Waals surface area contributed by atoms with Crippen LogP contribution in [-0.4, -0.2) is 29.8 Å². The molecule has 0 radical (unpaired) electrons. The highest BCUT2D eigenvalue weighted by atomic mass is 79.9. The van der Waals surface area contributed by atoms with Crippen molar-refractivity contribution in [3.8, 4) is 17.2 Å². The Morgan fingerprint density at radius 3 is 2.04 bits per heavy atom. The van der Waals surface area contributed by atoms with Crippen LogP contribution in [0.3, 0.4) is 0 Å². The molecule has 0 fully saturated rings. The Hall–Kier alpha value is -3.12. The number of methoxy groups -OCH3 is 1. The smallest absolute Gasteiger partial charge is 0.136 e. The Kier molecular flexibility index (Phi) is 5.88. The van der Waals surface area contributed by atoms with Gasteiger partial charge in [0.05, 0.1) is 23.0 Å². The van der Waals surface area contributed by atoms with Crippen LogP contribution in [0.2, 0.25) is 0 Å². The Bertz CT molecular complexity index is 1020. The van der Waals surface area contributed by atoms with Crippen molar-refractivity contribution in [3.05, 3.63) is 76.3 Å². The lowest BCUT2D eigenvalue weighted by Gasteiger charge is -2.06. The van der Waals surface area contributed by atoms with Crippen LogP contribution in [0, 0.1) is 0 Å². The van der Waals surface area contributed by atoms with E-state index in [1.807, 2.05) is 30.3 Å². The van der Waals surface area contributed by atoms with Gasteiger partial charge in [0.2, 0.25) is 0 Å². The molecule has 2 N–H and O–H groups in total. The van der Waals surface area contributed by atoms with Crippen LogP contribution in [-0.2, 0) is 0 Å². The van der Waals surface area contributed by atoms with Crippen LogP contribution in [0.4, 0.5) is 11.4 Å². The Morgan fingerprint density at radius 1 is 0.815 bits per heavy atom. The lowest BCUT2D eigenvalue weighted by molar-refractivity contribution is 0.405. The number of hydrogen-bond donors (Lipinski definition) is 2. The number of rotatable bonds is 5. The second kappa shape index (κ2) is 8.51. The summed E-state index contributed by atoms with van der Waals surface area (Å²) < 4.78 is 5.87. The summed E-state index contributed by atoms with van der Waals surface area (Å²) in [4.78, 5) is 8.87. The van der Waals surface area contributed by atoms with E-state index in [1.54, 1.807) is 36.7 Å². The van der Waals surface area contributed by atoms with Crippen LogP contribution in [0.25, 0.3) is 0 Å². The summed E-state index contributed by atoms with van der Waals surface area (Å²) in [5, 5.41) is 20.0. The van der Waals surface area contributed by atoms with E-state index in [0.29, 0.717) is 28.3 Å². The molecule has 0 aliphatic heterocycles. The van der Waals surface area contributed by atoms with E-state index < -0.39 is 0 Å². The summed E-state index contributed by atoms with van der Waals surface area (Å²) in [6.45, 7) is 0. The minimum atomic E-state index is 0.0639. The van der Waals surface area contributed by atoms with Gasteiger partial charge in [-0.15, -0.1) is 0 Å². The molecule has 136 valence electrons. The van der Waals surface area contributed by atoms with E-state index in [1.165, 1.54) is 13.2 Å². The maximum Gasteiger partial charge on any atom is 0.136 e. The summed E-state index contributed by atoms with van der Waals surface area (Å²) in [6, 6.07) is 17.6. The van der Waals surface area contributed by atoms with E-state index in [2.05, 4.69) is 25.9 Å². The maximum absolute atomic E-state index is 10.1. The molecule has 0 amide bonds. The van der Waals surface area contributed by atoms with Crippen molar-refractivity contribution >= 4 is 39.7 Å². The van der Waals surface area contributed by atoms with Gasteiger partial charge in [0.15, 0.2) is 0 Å². The van der Waals surface area contributed by atoms with Gasteiger partial charge in [-0.05, 0) is 46.3 Å². The topological polar surface area (TPSA) is 74.4 Å². The van der Waals surface area contributed by atoms with Gasteiger partial charge < -0.3 is 14.9 Å². The normalized spacial score (nSPS) is 11.3. The number of hydrogen-bond acceptors (Lipinski definition) is 5. The molecule has 0 aliphatic rings. The average Bonchev–Trinajstić information content (AvgIpc) is 2.68. The Morgan fingerprint density at radius 2 is 1.41 bits per heavy atom. The van der Waals surface area contributed by atoms with Gasteiger partial charge >= 0.3 is 0 Å². The molecule has 3 aromatic carbocycles. The molecule has 0 aromatic heterocycles. The molecule has 0 atom stereocenters. The molecule has 0 saturated heterocycles. The molecule has 0 aliphatic carbocycles. The average molecular weight is 425 g/mol. The first-order valence-corrected chi connectivity index (χ1v) is 8.89. The summed E-state index contributed by atoms with van der Waals surface area (Å²) in [7, 11) is 1.53. The highest BCUT2D eigenvalue weighted by molar-refractivity contribution is 9.10. The summed E-state index contributed by atoms with van der Waals surface area (Å²) in [5.41, 5.74) is 2.44. The van der Waals surface area contributed by atoms with Gasteiger partial charge in [-0.3, -0.25) is 9.98 Å². The predicted molar refractivity (Wildman–Crippen MR) is 111 cm³/mol. The molecule has 0 spiro atoms. The highest BCUT2D eigenvalue weighted by Gasteiger charge is 2.07. The van der Waals surface area contributed by atoms with E-state index >= 15 is 0 Å². The van der Waals surface area contributed by atoms with Gasteiger partial charge in [-0.1, -0.05) is 24.3 Å². The summed E-state index contributed by atoms with van der Waals surface area (Å²) in [5.74, 6) is 0.765. The molecule has 27 heavy (non-hydrogen) atoms. The molecule has 0 heterocycles. The van der Waals surface area contributed by atoms with Crippen molar-refractivity contribution in [1.82, 2.24) is 0 Å². The van der Waals surface area contributed by atoms with E-state index in [0.717, 1.165) is 4.47 Å². The fourth-order valence-electron chi connectivity index (χ4n) is 2.38. The zero-order valence-electron chi connectivity index (χ0n) is 14.5. The summed E-state index contributed by atoms with van der Waals surface area (Å²) >= 11 is 3.39. The lowest BCUT2D eigenvalue weighted by Crippen LogP contribution is -1.88. The largest absolute Gasteiger partial charge is 0.507 e. The monoisotopic (exact) mass is 424 g/mol. The quantitative estimate of drug-likeness (QED) is 0.540. The van der Waals surface area contributed by atoms with Crippen molar-refractivity contribution in [3.63, 3.8) is 0 Å². The second-order valence-electron chi connectivity index (χ2n) is 5.61. The van der Waals surface area contributed by atoms with Gasteiger partial charge in [-0.2, -0.15) is 0 Å². The zero-order valence-corrected chi connectivity index (χ0v) is 16.1. The third kappa shape index (κ3) is 4.54. The number of para-hydroxylation sites is 3. The number of aliphatic imine (C=N–C) groups is 2. The predicted octanol–water partition coefficient (Wildman–Crippen LogP) is 5.37. The van der Waals surface area contributed by atoms with Crippen molar-refractivity contribution in [2.75, 3.05) is 7.11 Å². The Labute approximate surface area is 165 Å². The van der Waals surface area contributed by atoms with Crippen LogP contribution < -0.4 is 4.74 Å². The summed E-state index contributed by atoms with van der Waals surface area (Å²) in [6.07, 6.45) is 3.15. The molecule has 6 heteroatoms. The van der Waals surface area contributed by atoms with Gasteiger partial charge in [0.25, 0.3) is 0 Å². The second-order valence-corrected chi connectivity index (χ2v) is 6.46. The lowest BCUT2D eigenvalue weighted by atomic mass is 10.2. The third-order valence-electron chi connectivity index (χ3n) is 3.81. The Balaban J connectivity index is 1.90. The van der Waals surface area contributed by atoms with Crippen molar-refractivity contribution in [2.24, 2.45) is 9.98 Å². The number of benzene rings is 3. The molecular weight excluding hydrogens is 408 g/mol. The maximum atomic E-state index is 10.1. The van der Waals surface area contributed by atoms with Crippen LogP contribution in [0.5, 0.6) is 17.2 Å². The van der Waals surface area contributed by atoms with Crippen LogP contribution in [0.15, 0.2) is 75.1 Å². The first-order chi connectivity index (χ1) is 13.1.